The molecular weight excluding hydrogens is 312 g/mol. The van der Waals surface area contributed by atoms with Gasteiger partial charge in [0.1, 0.15) is 5.69 Å². The monoisotopic (exact) mass is 328 g/mol. The first kappa shape index (κ1) is 15.1. The first-order chi connectivity index (χ1) is 12.2. The Morgan fingerprint density at radius 3 is 2.72 bits per heavy atom. The van der Waals surface area contributed by atoms with E-state index in [-0.39, 0.29) is 5.56 Å². The molecule has 122 valence electrons. The van der Waals surface area contributed by atoms with Crippen LogP contribution >= 0.6 is 0 Å². The van der Waals surface area contributed by atoms with Gasteiger partial charge in [0.15, 0.2) is 0 Å². The van der Waals surface area contributed by atoms with Crippen LogP contribution in [0.2, 0.25) is 0 Å². The highest BCUT2D eigenvalue weighted by Crippen LogP contribution is 2.25. The molecule has 0 atom stereocenters. The molecule has 0 bridgehead atoms. The fourth-order valence-corrected chi connectivity index (χ4v) is 2.81. The highest BCUT2D eigenvalue weighted by atomic mass is 16.1. The van der Waals surface area contributed by atoms with Gasteiger partial charge in [-0.2, -0.15) is 5.10 Å². The lowest BCUT2D eigenvalue weighted by atomic mass is 10.1. The van der Waals surface area contributed by atoms with Crippen molar-refractivity contribution in [1.29, 1.82) is 0 Å². The molecule has 0 aliphatic rings. The molecule has 25 heavy (non-hydrogen) atoms. The number of aryl methyl sites for hydroxylation is 1. The summed E-state index contributed by atoms with van der Waals surface area (Å²) in [5.74, 6) is 0. The van der Waals surface area contributed by atoms with Crippen LogP contribution in [0.1, 0.15) is 5.56 Å². The minimum Gasteiger partial charge on any atom is -0.349 e. The van der Waals surface area contributed by atoms with E-state index in [2.05, 4.69) is 20.5 Å². The second-order valence-corrected chi connectivity index (χ2v) is 5.90. The highest BCUT2D eigenvalue weighted by Gasteiger charge is 2.08. The molecule has 0 spiro atoms. The van der Waals surface area contributed by atoms with Gasteiger partial charge in [0.25, 0.3) is 5.56 Å². The van der Waals surface area contributed by atoms with Gasteiger partial charge in [-0.25, -0.2) is 5.10 Å². The van der Waals surface area contributed by atoms with Crippen molar-refractivity contribution in [3.8, 4) is 11.3 Å². The molecule has 0 aliphatic carbocycles. The van der Waals surface area contributed by atoms with E-state index in [0.717, 1.165) is 27.6 Å². The molecule has 2 N–H and O–H groups in total. The fourth-order valence-electron chi connectivity index (χ4n) is 2.81. The van der Waals surface area contributed by atoms with Gasteiger partial charge in [-0.1, -0.05) is 48.0 Å². The van der Waals surface area contributed by atoms with Gasteiger partial charge in [-0.15, -0.1) is 0 Å². The van der Waals surface area contributed by atoms with E-state index >= 15 is 0 Å². The van der Waals surface area contributed by atoms with Crippen LogP contribution in [0.15, 0.2) is 71.8 Å². The van der Waals surface area contributed by atoms with Gasteiger partial charge in [0.2, 0.25) is 0 Å². The zero-order valence-corrected chi connectivity index (χ0v) is 13.7. The minimum absolute atomic E-state index is 0.274. The maximum Gasteiger partial charge on any atom is 0.287 e. The number of nitrogens with one attached hydrogen (secondary N) is 2. The molecule has 0 unspecified atom stereocenters. The predicted octanol–water partition coefficient (Wildman–Crippen LogP) is 4.04. The molecule has 0 aliphatic heterocycles. The summed E-state index contributed by atoms with van der Waals surface area (Å²) in [5, 5.41) is 11.9. The van der Waals surface area contributed by atoms with Crippen molar-refractivity contribution in [2.75, 3.05) is 5.32 Å². The second kappa shape index (κ2) is 6.20. The number of fused-ring (bicyclic) bond motifs is 1. The number of aromatic nitrogens is 3. The Balaban J connectivity index is 1.78. The summed E-state index contributed by atoms with van der Waals surface area (Å²) in [6.07, 6.45) is 3.52. The summed E-state index contributed by atoms with van der Waals surface area (Å²) in [4.78, 5) is 16.4. The van der Waals surface area contributed by atoms with Crippen LogP contribution in [0.3, 0.4) is 0 Å². The Morgan fingerprint density at radius 1 is 0.960 bits per heavy atom. The fraction of sp³-hybridized carbons (Fsp3) is 0.0500. The number of hydrogen-bond acceptors (Lipinski definition) is 4. The molecule has 4 rings (SSSR count). The van der Waals surface area contributed by atoms with Gasteiger partial charge in [-0.3, -0.25) is 9.78 Å². The highest BCUT2D eigenvalue weighted by molar-refractivity contribution is 5.94. The van der Waals surface area contributed by atoms with Crippen LogP contribution < -0.4 is 10.9 Å². The lowest BCUT2D eigenvalue weighted by Gasteiger charge is -2.10. The Kier molecular flexibility index (Phi) is 3.74. The number of pyridine rings is 1. The number of H-pyrrole nitrogens is 1. The molecule has 0 saturated heterocycles. The maximum absolute atomic E-state index is 12.2. The third-order valence-corrected chi connectivity index (χ3v) is 4.05. The average Bonchev–Trinajstić information content (AvgIpc) is 2.64. The Bertz CT molecular complexity index is 1110. The Labute approximate surface area is 144 Å². The van der Waals surface area contributed by atoms with Crippen LogP contribution in [0.4, 0.5) is 11.4 Å². The van der Waals surface area contributed by atoms with Gasteiger partial charge in [0.05, 0.1) is 17.6 Å². The van der Waals surface area contributed by atoms with Crippen LogP contribution in [0.5, 0.6) is 0 Å². The van der Waals surface area contributed by atoms with Gasteiger partial charge in [-0.05, 0) is 19.1 Å². The standard InChI is InChI=1S/C20H16N4O/c1-13-5-4-7-14(9-13)17-10-18(20(25)24-23-17)22-19-12-21-11-15-6-2-3-8-16(15)19/h2-12H,1H3,(H,22,23)(H,24,25). The van der Waals surface area contributed by atoms with Crippen molar-refractivity contribution < 1.29 is 0 Å². The molecule has 2 aromatic heterocycles. The van der Waals surface area contributed by atoms with E-state index in [1.54, 1.807) is 18.5 Å². The SMILES string of the molecule is Cc1cccc(-c2cc(Nc3cncc4ccccc34)c(=O)[nH]n2)c1. The van der Waals surface area contributed by atoms with Crippen LogP contribution in [-0.2, 0) is 0 Å². The molecule has 0 radical (unpaired) electrons. The van der Waals surface area contributed by atoms with Gasteiger partial charge in [0, 0.05) is 22.5 Å². The number of aromatic amines is 1. The van der Waals surface area contributed by atoms with Crippen LogP contribution in [0, 0.1) is 6.92 Å². The van der Waals surface area contributed by atoms with Crippen molar-refractivity contribution in [3.05, 3.63) is 82.9 Å². The van der Waals surface area contributed by atoms with E-state index < -0.39 is 0 Å². The van der Waals surface area contributed by atoms with Crippen molar-refractivity contribution in [3.63, 3.8) is 0 Å². The summed E-state index contributed by atoms with van der Waals surface area (Å²) in [7, 11) is 0. The van der Waals surface area contributed by atoms with E-state index in [0.29, 0.717) is 11.4 Å². The zero-order valence-electron chi connectivity index (χ0n) is 13.7. The van der Waals surface area contributed by atoms with E-state index in [9.17, 15) is 4.79 Å². The first-order valence-electron chi connectivity index (χ1n) is 7.97. The molecule has 0 saturated carbocycles. The minimum atomic E-state index is -0.274. The summed E-state index contributed by atoms with van der Waals surface area (Å²) in [6.45, 7) is 2.02. The number of benzene rings is 2. The summed E-state index contributed by atoms with van der Waals surface area (Å²) in [5.41, 5.74) is 3.74. The predicted molar refractivity (Wildman–Crippen MR) is 100 cm³/mol. The first-order valence-corrected chi connectivity index (χ1v) is 7.97. The smallest absolute Gasteiger partial charge is 0.287 e. The number of anilines is 2. The van der Waals surface area contributed by atoms with Crippen molar-refractivity contribution >= 4 is 22.1 Å². The molecule has 0 amide bonds. The third kappa shape index (κ3) is 2.99. The van der Waals surface area contributed by atoms with Crippen LogP contribution in [0.25, 0.3) is 22.0 Å². The molecule has 5 heteroatoms. The summed E-state index contributed by atoms with van der Waals surface area (Å²) >= 11 is 0. The average molecular weight is 328 g/mol. The van der Waals surface area contributed by atoms with E-state index in [1.165, 1.54) is 0 Å². The lowest BCUT2D eigenvalue weighted by Crippen LogP contribution is -2.13. The van der Waals surface area contributed by atoms with Gasteiger partial charge < -0.3 is 5.32 Å². The molecule has 0 fully saturated rings. The summed E-state index contributed by atoms with van der Waals surface area (Å²) < 4.78 is 0. The van der Waals surface area contributed by atoms with Crippen molar-refractivity contribution in [2.24, 2.45) is 0 Å². The van der Waals surface area contributed by atoms with Gasteiger partial charge >= 0.3 is 0 Å². The lowest BCUT2D eigenvalue weighted by molar-refractivity contribution is 0.997. The Hall–Kier alpha value is -3.47. The third-order valence-electron chi connectivity index (χ3n) is 4.05. The van der Waals surface area contributed by atoms with Crippen molar-refractivity contribution in [1.82, 2.24) is 15.2 Å². The van der Waals surface area contributed by atoms with E-state index in [4.69, 9.17) is 0 Å². The van der Waals surface area contributed by atoms with Crippen molar-refractivity contribution in [2.45, 2.75) is 6.92 Å². The second-order valence-electron chi connectivity index (χ2n) is 5.90. The normalized spacial score (nSPS) is 10.8. The number of rotatable bonds is 3. The number of hydrogen-bond donors (Lipinski definition) is 2. The number of nitrogens with zero attached hydrogens (tertiary/aromatic N) is 2. The largest absolute Gasteiger partial charge is 0.349 e. The summed E-state index contributed by atoms with van der Waals surface area (Å²) in [6, 6.07) is 17.7. The molecular formula is C20H16N4O. The molecule has 2 heterocycles. The molecule has 2 aromatic carbocycles. The molecule has 4 aromatic rings. The molecule has 5 nitrogen and oxygen atoms in total. The van der Waals surface area contributed by atoms with E-state index in [1.807, 2.05) is 55.5 Å². The topological polar surface area (TPSA) is 70.7 Å². The maximum atomic E-state index is 12.2. The van der Waals surface area contributed by atoms with Crippen LogP contribution in [-0.4, -0.2) is 15.2 Å². The Morgan fingerprint density at radius 2 is 1.84 bits per heavy atom. The zero-order chi connectivity index (χ0) is 17.2. The quantitative estimate of drug-likeness (QED) is 0.595.